The summed E-state index contributed by atoms with van der Waals surface area (Å²) in [5.41, 5.74) is 4.84. The molecule has 2 nitrogen and oxygen atoms in total. The molecule has 0 aliphatic heterocycles. The van der Waals surface area contributed by atoms with Crippen LogP contribution in [0.2, 0.25) is 0 Å². The van der Waals surface area contributed by atoms with Crippen LogP contribution in [-0.2, 0) is 0 Å². The fraction of sp³-hybridized carbons (Fsp3) is 0.500. The van der Waals surface area contributed by atoms with E-state index in [0.717, 1.165) is 0 Å². The molecule has 5 heavy (non-hydrogen) atoms. The van der Waals surface area contributed by atoms with E-state index in [2.05, 4.69) is 12.2 Å². The molecule has 32 valence electrons. The summed E-state index contributed by atoms with van der Waals surface area (Å²) in [6, 6.07) is 0. The monoisotopic (exact) mass is 92.0 g/mol. The molecule has 0 fully saturated rings. The van der Waals surface area contributed by atoms with E-state index in [4.69, 9.17) is 5.73 Å². The highest BCUT2D eigenvalue weighted by Gasteiger charge is 1.54. The fourth-order valence-electron chi connectivity index (χ4n) is 0. The third kappa shape index (κ3) is 586. The molecule has 0 aromatic heterocycles. The van der Waals surface area contributed by atoms with Gasteiger partial charge in [0, 0.05) is 0 Å². The lowest BCUT2D eigenvalue weighted by atomic mass is 10.8. The Balaban J connectivity index is 0. The molecular formula is C2H8N2S. The van der Waals surface area contributed by atoms with E-state index in [-0.39, 0.29) is 6.15 Å². The Hall–Kier alpha value is -0.150. The number of nitrogens with two attached hydrogens (primary N) is 1. The molecule has 0 aliphatic rings. The molecule has 0 bridgehead atoms. The average Bonchev–Trinajstić information content (AvgIpc) is 0.811. The molecule has 0 saturated carbocycles. The first-order chi connectivity index (χ1) is 1.73. The third-order valence-electron chi connectivity index (χ3n) is 0. The van der Waals surface area contributed by atoms with Gasteiger partial charge in [-0.2, -0.15) is 0 Å². The SMILES string of the molecule is CC(N)=S.N. The molecule has 0 amide bonds. The van der Waals surface area contributed by atoms with E-state index in [0.29, 0.717) is 4.99 Å². The lowest BCUT2D eigenvalue weighted by molar-refractivity contribution is 1.73. The first-order valence-electron chi connectivity index (χ1n) is 0.993. The first-order valence-corrected chi connectivity index (χ1v) is 1.40. The predicted molar refractivity (Wildman–Crippen MR) is 27.5 cm³/mol. The predicted octanol–water partition coefficient (Wildman–Crippen LogP) is 0.454. The van der Waals surface area contributed by atoms with E-state index in [9.17, 15) is 0 Å². The Bertz CT molecular complexity index is 30.6. The molecule has 0 aliphatic carbocycles. The summed E-state index contributed by atoms with van der Waals surface area (Å²) in [6.07, 6.45) is 0. The second-order valence-corrected chi connectivity index (χ2v) is 1.25. The van der Waals surface area contributed by atoms with Crippen LogP contribution < -0.4 is 11.9 Å². The van der Waals surface area contributed by atoms with Crippen LogP contribution in [0.15, 0.2) is 0 Å². The fourth-order valence-corrected chi connectivity index (χ4v) is 0. The molecule has 0 aromatic rings. The summed E-state index contributed by atoms with van der Waals surface area (Å²) in [5, 5.41) is 0. The Kier molecular flexibility index (Phi) is 6.81. The van der Waals surface area contributed by atoms with Crippen molar-refractivity contribution in [1.82, 2.24) is 6.15 Å². The maximum Gasteiger partial charge on any atom is 0.0695 e. The zero-order valence-corrected chi connectivity index (χ0v) is 4.01. The van der Waals surface area contributed by atoms with Gasteiger partial charge < -0.3 is 11.9 Å². The average molecular weight is 92.2 g/mol. The molecule has 0 radical (unpaired) electrons. The van der Waals surface area contributed by atoms with Gasteiger partial charge in [0.25, 0.3) is 0 Å². The van der Waals surface area contributed by atoms with Crippen molar-refractivity contribution >= 4 is 17.2 Å². The van der Waals surface area contributed by atoms with Crippen LogP contribution in [0.1, 0.15) is 6.92 Å². The standard InChI is InChI=1S/C2H5NS.H3N/c1-2(3)4;/h1H3,(H2,3,4);1H3. The highest BCUT2D eigenvalue weighted by molar-refractivity contribution is 7.80. The number of rotatable bonds is 0. The van der Waals surface area contributed by atoms with Gasteiger partial charge in [0.2, 0.25) is 0 Å². The Morgan fingerprint density at radius 1 is 1.80 bits per heavy atom. The van der Waals surface area contributed by atoms with E-state index >= 15 is 0 Å². The molecule has 0 saturated heterocycles. The maximum absolute atomic E-state index is 4.84. The summed E-state index contributed by atoms with van der Waals surface area (Å²) >= 11 is 4.31. The van der Waals surface area contributed by atoms with Gasteiger partial charge >= 0.3 is 0 Å². The molecule has 0 spiro atoms. The van der Waals surface area contributed by atoms with Crippen LogP contribution >= 0.6 is 12.2 Å². The van der Waals surface area contributed by atoms with Crippen LogP contribution in [0.5, 0.6) is 0 Å². The van der Waals surface area contributed by atoms with Gasteiger partial charge in [-0.15, -0.1) is 0 Å². The normalized spacial score (nSPS) is 5.00. The van der Waals surface area contributed by atoms with Crippen molar-refractivity contribution in [3.05, 3.63) is 0 Å². The third-order valence-corrected chi connectivity index (χ3v) is 0. The second kappa shape index (κ2) is 3.85. The molecule has 3 heteroatoms. The minimum Gasteiger partial charge on any atom is -0.394 e. The van der Waals surface area contributed by atoms with Crippen LogP contribution in [0.25, 0.3) is 0 Å². The largest absolute Gasteiger partial charge is 0.394 e. The molecule has 0 unspecified atom stereocenters. The highest BCUT2D eigenvalue weighted by Crippen LogP contribution is 1.48. The van der Waals surface area contributed by atoms with Gasteiger partial charge in [0.15, 0.2) is 0 Å². The molecular weight excluding hydrogens is 84.1 g/mol. The quantitative estimate of drug-likeness (QED) is 0.426. The van der Waals surface area contributed by atoms with Crippen molar-refractivity contribution in [1.29, 1.82) is 0 Å². The zero-order valence-electron chi connectivity index (χ0n) is 3.19. The summed E-state index contributed by atoms with van der Waals surface area (Å²) in [5.74, 6) is 0. The van der Waals surface area contributed by atoms with Crippen LogP contribution in [-0.4, -0.2) is 4.99 Å². The van der Waals surface area contributed by atoms with E-state index in [1.54, 1.807) is 6.92 Å². The Morgan fingerprint density at radius 2 is 1.80 bits per heavy atom. The van der Waals surface area contributed by atoms with Gasteiger partial charge in [0.1, 0.15) is 0 Å². The first kappa shape index (κ1) is 8.85. The minimum absolute atomic E-state index is 0. The van der Waals surface area contributed by atoms with Crippen molar-refractivity contribution in [2.75, 3.05) is 0 Å². The van der Waals surface area contributed by atoms with Gasteiger partial charge in [-0.25, -0.2) is 0 Å². The zero-order chi connectivity index (χ0) is 3.58. The highest BCUT2D eigenvalue weighted by atomic mass is 32.1. The Labute approximate surface area is 36.9 Å². The maximum atomic E-state index is 4.84. The van der Waals surface area contributed by atoms with Gasteiger partial charge in [-0.3, -0.25) is 0 Å². The van der Waals surface area contributed by atoms with Crippen molar-refractivity contribution in [3.8, 4) is 0 Å². The van der Waals surface area contributed by atoms with Crippen LogP contribution in [0, 0.1) is 0 Å². The van der Waals surface area contributed by atoms with Crippen molar-refractivity contribution in [3.63, 3.8) is 0 Å². The van der Waals surface area contributed by atoms with E-state index in [1.165, 1.54) is 0 Å². The number of hydrogen-bond acceptors (Lipinski definition) is 2. The van der Waals surface area contributed by atoms with E-state index < -0.39 is 0 Å². The van der Waals surface area contributed by atoms with Crippen molar-refractivity contribution < 1.29 is 0 Å². The summed E-state index contributed by atoms with van der Waals surface area (Å²) in [6.45, 7) is 1.68. The smallest absolute Gasteiger partial charge is 0.0695 e. The molecule has 0 aromatic carbocycles. The number of thiocarbonyl (C=S) groups is 1. The second-order valence-electron chi connectivity index (χ2n) is 0.611. The van der Waals surface area contributed by atoms with Crippen LogP contribution in [0.4, 0.5) is 0 Å². The van der Waals surface area contributed by atoms with Crippen LogP contribution in [0.3, 0.4) is 0 Å². The Morgan fingerprint density at radius 3 is 1.80 bits per heavy atom. The van der Waals surface area contributed by atoms with Gasteiger partial charge in [-0.1, -0.05) is 12.2 Å². The lowest BCUT2D eigenvalue weighted by Crippen LogP contribution is -1.98. The van der Waals surface area contributed by atoms with Gasteiger partial charge in [-0.05, 0) is 6.92 Å². The number of hydrogen-bond donors (Lipinski definition) is 2. The summed E-state index contributed by atoms with van der Waals surface area (Å²) < 4.78 is 0. The molecule has 0 heterocycles. The summed E-state index contributed by atoms with van der Waals surface area (Å²) in [4.78, 5) is 0.500. The molecule has 0 rings (SSSR count). The van der Waals surface area contributed by atoms with Crippen molar-refractivity contribution in [2.45, 2.75) is 6.92 Å². The van der Waals surface area contributed by atoms with Crippen molar-refractivity contribution in [2.24, 2.45) is 5.73 Å². The van der Waals surface area contributed by atoms with E-state index in [1.807, 2.05) is 0 Å². The topological polar surface area (TPSA) is 61.0 Å². The summed E-state index contributed by atoms with van der Waals surface area (Å²) in [7, 11) is 0. The minimum atomic E-state index is 0. The lowest BCUT2D eigenvalue weighted by Gasteiger charge is -1.65. The molecule has 5 N–H and O–H groups in total. The molecule has 0 atom stereocenters. The van der Waals surface area contributed by atoms with Gasteiger partial charge in [0.05, 0.1) is 4.99 Å².